The van der Waals surface area contributed by atoms with Crippen LogP contribution in [0, 0.1) is 0 Å². The highest BCUT2D eigenvalue weighted by molar-refractivity contribution is 6.30. The molecule has 134 valence electrons. The number of aromatic nitrogens is 1. The second-order valence-corrected chi connectivity index (χ2v) is 6.39. The number of carbonyl (C=O) groups excluding carboxylic acids is 2. The van der Waals surface area contributed by atoms with Gasteiger partial charge in [-0.05, 0) is 54.4 Å². The molecule has 0 aliphatic heterocycles. The Balaban J connectivity index is 1.80. The summed E-state index contributed by atoms with van der Waals surface area (Å²) >= 11 is 5.86. The van der Waals surface area contributed by atoms with Crippen LogP contribution in [0.4, 0.5) is 0 Å². The summed E-state index contributed by atoms with van der Waals surface area (Å²) in [4.78, 5) is 29.1. The molecule has 6 heteroatoms. The largest absolute Gasteiger partial charge is 0.497 e. The van der Waals surface area contributed by atoms with Crippen molar-refractivity contribution in [3.8, 4) is 5.75 Å². The molecule has 1 aromatic heterocycles. The zero-order chi connectivity index (χ0) is 18.7. The van der Waals surface area contributed by atoms with Gasteiger partial charge in [0.2, 0.25) is 5.91 Å². The number of hydrogen-bond donors (Lipinski definition) is 1. The summed E-state index contributed by atoms with van der Waals surface area (Å²) in [5.74, 6) is 0.146. The van der Waals surface area contributed by atoms with Gasteiger partial charge in [-0.3, -0.25) is 14.5 Å². The van der Waals surface area contributed by atoms with Crippen LogP contribution in [0.5, 0.6) is 5.75 Å². The quantitative estimate of drug-likeness (QED) is 0.736. The molecule has 3 rings (SSSR count). The lowest BCUT2D eigenvalue weighted by atomic mass is 10.1. The lowest BCUT2D eigenvalue weighted by Crippen LogP contribution is -2.36. The van der Waals surface area contributed by atoms with Crippen molar-refractivity contribution in [3.05, 3.63) is 64.8 Å². The van der Waals surface area contributed by atoms with E-state index >= 15 is 0 Å². The monoisotopic (exact) mass is 370 g/mol. The standard InChI is InChI=1S/C20H19ClN2O3/c1-13(24)23(20(25)14-3-5-16(21)6-4-14)10-9-15-12-22-19-8-7-17(26-2)11-18(15)19/h3-8,11-12,22H,9-10H2,1-2H3. The SMILES string of the molecule is COc1ccc2[nH]cc(CCN(C(C)=O)C(=O)c3ccc(Cl)cc3)c2c1. The van der Waals surface area contributed by atoms with Gasteiger partial charge in [0.1, 0.15) is 5.75 Å². The summed E-state index contributed by atoms with van der Waals surface area (Å²) in [5.41, 5.74) is 2.44. The number of rotatable bonds is 5. The van der Waals surface area contributed by atoms with Crippen LogP contribution in [0.25, 0.3) is 10.9 Å². The van der Waals surface area contributed by atoms with Crippen molar-refractivity contribution in [2.75, 3.05) is 13.7 Å². The Labute approximate surface area is 156 Å². The summed E-state index contributed by atoms with van der Waals surface area (Å²) in [5, 5.41) is 1.57. The summed E-state index contributed by atoms with van der Waals surface area (Å²) in [6, 6.07) is 12.3. The minimum atomic E-state index is -0.327. The molecule has 0 spiro atoms. The van der Waals surface area contributed by atoms with Crippen molar-refractivity contribution in [2.45, 2.75) is 13.3 Å². The van der Waals surface area contributed by atoms with Crippen LogP contribution in [-0.4, -0.2) is 35.4 Å². The maximum absolute atomic E-state index is 12.7. The van der Waals surface area contributed by atoms with E-state index < -0.39 is 0 Å². The molecule has 0 saturated heterocycles. The fourth-order valence-corrected chi connectivity index (χ4v) is 3.00. The number of aromatic amines is 1. The average Bonchev–Trinajstić information content (AvgIpc) is 3.04. The lowest BCUT2D eigenvalue weighted by molar-refractivity contribution is -0.126. The van der Waals surface area contributed by atoms with Gasteiger partial charge in [-0.25, -0.2) is 0 Å². The summed E-state index contributed by atoms with van der Waals surface area (Å²) in [6.45, 7) is 1.69. The molecule has 0 bridgehead atoms. The molecule has 0 unspecified atom stereocenters. The van der Waals surface area contributed by atoms with Gasteiger partial charge in [0, 0.05) is 41.2 Å². The van der Waals surface area contributed by atoms with E-state index in [0.29, 0.717) is 23.6 Å². The minimum Gasteiger partial charge on any atom is -0.497 e. The van der Waals surface area contributed by atoms with E-state index in [2.05, 4.69) is 4.98 Å². The number of ether oxygens (including phenoxy) is 1. The second kappa shape index (κ2) is 7.62. The van der Waals surface area contributed by atoms with Crippen molar-refractivity contribution in [3.63, 3.8) is 0 Å². The Morgan fingerprint density at radius 2 is 1.88 bits per heavy atom. The normalized spacial score (nSPS) is 10.7. The molecule has 0 saturated carbocycles. The molecule has 0 radical (unpaired) electrons. The van der Waals surface area contributed by atoms with Gasteiger partial charge in [0.05, 0.1) is 7.11 Å². The molecule has 2 aromatic carbocycles. The van der Waals surface area contributed by atoms with Crippen molar-refractivity contribution in [2.24, 2.45) is 0 Å². The van der Waals surface area contributed by atoms with Crippen LogP contribution < -0.4 is 4.74 Å². The zero-order valence-electron chi connectivity index (χ0n) is 14.6. The molecule has 3 aromatic rings. The van der Waals surface area contributed by atoms with Crippen molar-refractivity contribution in [1.29, 1.82) is 0 Å². The smallest absolute Gasteiger partial charge is 0.260 e. The molecule has 0 fully saturated rings. The molecule has 2 amide bonds. The summed E-state index contributed by atoms with van der Waals surface area (Å²) < 4.78 is 5.27. The third-order valence-electron chi connectivity index (χ3n) is 4.30. The first-order valence-corrected chi connectivity index (χ1v) is 8.59. The number of halogens is 1. The average molecular weight is 371 g/mol. The number of amides is 2. The third kappa shape index (κ3) is 3.73. The van der Waals surface area contributed by atoms with Crippen molar-refractivity contribution < 1.29 is 14.3 Å². The summed E-state index contributed by atoms with van der Waals surface area (Å²) in [6.07, 6.45) is 2.45. The van der Waals surface area contributed by atoms with Gasteiger partial charge < -0.3 is 9.72 Å². The predicted octanol–water partition coefficient (Wildman–Crippen LogP) is 4.06. The number of nitrogens with one attached hydrogen (secondary N) is 1. The van der Waals surface area contributed by atoms with E-state index in [0.717, 1.165) is 22.2 Å². The number of fused-ring (bicyclic) bond motifs is 1. The molecule has 1 heterocycles. The van der Waals surface area contributed by atoms with E-state index in [1.807, 2.05) is 24.4 Å². The Bertz CT molecular complexity index is 947. The maximum Gasteiger partial charge on any atom is 0.260 e. The number of imide groups is 1. The van der Waals surface area contributed by atoms with Gasteiger partial charge in [-0.2, -0.15) is 0 Å². The highest BCUT2D eigenvalue weighted by Crippen LogP contribution is 2.24. The number of methoxy groups -OCH3 is 1. The van der Waals surface area contributed by atoms with Gasteiger partial charge in [0.25, 0.3) is 5.91 Å². The Morgan fingerprint density at radius 3 is 2.54 bits per heavy atom. The van der Waals surface area contributed by atoms with Crippen LogP contribution in [-0.2, 0) is 11.2 Å². The number of H-pyrrole nitrogens is 1. The highest BCUT2D eigenvalue weighted by Gasteiger charge is 2.20. The second-order valence-electron chi connectivity index (χ2n) is 5.96. The predicted molar refractivity (Wildman–Crippen MR) is 102 cm³/mol. The fourth-order valence-electron chi connectivity index (χ4n) is 2.87. The first-order valence-electron chi connectivity index (χ1n) is 8.21. The number of benzene rings is 2. The Kier molecular flexibility index (Phi) is 5.28. The van der Waals surface area contributed by atoms with Gasteiger partial charge >= 0.3 is 0 Å². The van der Waals surface area contributed by atoms with Gasteiger partial charge in [-0.15, -0.1) is 0 Å². The number of nitrogens with zero attached hydrogens (tertiary/aromatic N) is 1. The molecule has 0 aliphatic rings. The minimum absolute atomic E-state index is 0.289. The molecule has 0 atom stereocenters. The van der Waals surface area contributed by atoms with Crippen LogP contribution in [0.3, 0.4) is 0 Å². The lowest BCUT2D eigenvalue weighted by Gasteiger charge is -2.19. The maximum atomic E-state index is 12.7. The van der Waals surface area contributed by atoms with Crippen LogP contribution in [0.1, 0.15) is 22.8 Å². The number of carbonyl (C=O) groups is 2. The zero-order valence-corrected chi connectivity index (χ0v) is 15.3. The topological polar surface area (TPSA) is 62.4 Å². The van der Waals surface area contributed by atoms with E-state index in [9.17, 15) is 9.59 Å². The first kappa shape index (κ1) is 18.0. The fraction of sp³-hybridized carbons (Fsp3) is 0.200. The van der Waals surface area contributed by atoms with Crippen molar-refractivity contribution >= 4 is 34.3 Å². The molecular weight excluding hydrogens is 352 g/mol. The molecule has 1 N–H and O–H groups in total. The number of hydrogen-bond acceptors (Lipinski definition) is 3. The Morgan fingerprint density at radius 1 is 1.15 bits per heavy atom. The van der Waals surface area contributed by atoms with Gasteiger partial charge in [0.15, 0.2) is 0 Å². The van der Waals surface area contributed by atoms with Crippen LogP contribution in [0.2, 0.25) is 5.02 Å². The van der Waals surface area contributed by atoms with E-state index in [1.54, 1.807) is 31.4 Å². The van der Waals surface area contributed by atoms with Crippen LogP contribution in [0.15, 0.2) is 48.7 Å². The molecule has 0 aliphatic carbocycles. The highest BCUT2D eigenvalue weighted by atomic mass is 35.5. The third-order valence-corrected chi connectivity index (χ3v) is 4.55. The van der Waals surface area contributed by atoms with Crippen molar-refractivity contribution in [1.82, 2.24) is 9.88 Å². The Hall–Kier alpha value is -2.79. The van der Waals surface area contributed by atoms with E-state index in [1.165, 1.54) is 11.8 Å². The van der Waals surface area contributed by atoms with Crippen LogP contribution >= 0.6 is 11.6 Å². The summed E-state index contributed by atoms with van der Waals surface area (Å²) in [7, 11) is 1.62. The van der Waals surface area contributed by atoms with E-state index in [-0.39, 0.29) is 11.8 Å². The molecule has 26 heavy (non-hydrogen) atoms. The van der Waals surface area contributed by atoms with Gasteiger partial charge in [-0.1, -0.05) is 11.6 Å². The molecule has 5 nitrogen and oxygen atoms in total. The van der Waals surface area contributed by atoms with E-state index in [4.69, 9.17) is 16.3 Å². The molecular formula is C20H19ClN2O3. The first-order chi connectivity index (χ1) is 12.5.